The van der Waals surface area contributed by atoms with Crippen molar-refractivity contribution in [3.05, 3.63) is 0 Å². The Labute approximate surface area is 118 Å². The first-order chi connectivity index (χ1) is 8.86. The molecule has 2 unspecified atom stereocenters. The van der Waals surface area contributed by atoms with Crippen molar-refractivity contribution in [3.8, 4) is 0 Å². The molecule has 0 aliphatic rings. The third-order valence-corrected chi connectivity index (χ3v) is 4.24. The van der Waals surface area contributed by atoms with Crippen LogP contribution in [-0.2, 0) is 19.2 Å². The van der Waals surface area contributed by atoms with E-state index >= 15 is 0 Å². The van der Waals surface area contributed by atoms with Gasteiger partial charge in [-0.1, -0.05) is 21.6 Å². The monoisotopic (exact) mass is 308 g/mol. The molecule has 0 radical (unpaired) electrons. The summed E-state index contributed by atoms with van der Waals surface area (Å²) < 4.78 is 0. The lowest BCUT2D eigenvalue weighted by molar-refractivity contribution is -0.140. The van der Waals surface area contributed by atoms with Gasteiger partial charge in [0.05, 0.1) is 6.04 Å². The molecule has 0 bridgehead atoms. The third kappa shape index (κ3) is 9.37. The fourth-order valence-electron chi connectivity index (χ4n) is 1.03. The van der Waals surface area contributed by atoms with Gasteiger partial charge in [-0.05, 0) is 0 Å². The number of nitrogens with one attached hydrogen (secondary N) is 2. The highest BCUT2D eigenvalue weighted by atomic mass is 33.1. The van der Waals surface area contributed by atoms with E-state index in [1.807, 2.05) is 0 Å². The fourth-order valence-corrected chi connectivity index (χ4v) is 3.32. The molecule has 0 aliphatic carbocycles. The second kappa shape index (κ2) is 9.68. The topological polar surface area (TPSA) is 113 Å². The van der Waals surface area contributed by atoms with Gasteiger partial charge >= 0.3 is 5.97 Å². The molecule has 2 atom stereocenters. The van der Waals surface area contributed by atoms with Gasteiger partial charge in [0.25, 0.3) is 0 Å². The first-order valence-electron chi connectivity index (χ1n) is 5.33. The first-order valence-corrected chi connectivity index (χ1v) is 7.82. The number of carboxylic acid groups (broad SMARTS) is 1. The van der Waals surface area contributed by atoms with E-state index < -0.39 is 24.0 Å². The number of aliphatic carboxylic acids is 1. The lowest BCUT2D eigenvalue weighted by Gasteiger charge is -2.13. The van der Waals surface area contributed by atoms with E-state index in [0.29, 0.717) is 12.0 Å². The van der Waals surface area contributed by atoms with Crippen molar-refractivity contribution in [2.24, 2.45) is 0 Å². The Morgan fingerprint density at radius 3 is 2.05 bits per heavy atom. The van der Waals surface area contributed by atoms with E-state index in [1.165, 1.54) is 35.4 Å². The smallest absolute Gasteiger partial charge is 0.327 e. The second-order valence-electron chi connectivity index (χ2n) is 3.60. The van der Waals surface area contributed by atoms with Crippen LogP contribution in [0.5, 0.6) is 0 Å². The summed E-state index contributed by atoms with van der Waals surface area (Å²) in [5.41, 5.74) is 0. The lowest BCUT2D eigenvalue weighted by Crippen LogP contribution is -2.41. The standard InChI is InChI=1S/C10H16N2O5S2/c1-6(14)11-8(3-13)4-18-19-5-9(10(16)17)12-7(2)15/h3,8-9H,4-5H2,1-2H3,(H,11,14)(H,12,15)(H,16,17). The van der Waals surface area contributed by atoms with Crippen molar-refractivity contribution >= 4 is 45.7 Å². The lowest BCUT2D eigenvalue weighted by atomic mass is 10.3. The van der Waals surface area contributed by atoms with Gasteiger partial charge in [0, 0.05) is 25.4 Å². The van der Waals surface area contributed by atoms with Gasteiger partial charge in [-0.15, -0.1) is 0 Å². The van der Waals surface area contributed by atoms with E-state index in [1.54, 1.807) is 0 Å². The molecule has 0 saturated carbocycles. The minimum absolute atomic E-state index is 0.172. The van der Waals surface area contributed by atoms with Gasteiger partial charge in [0.2, 0.25) is 11.8 Å². The van der Waals surface area contributed by atoms with Crippen molar-refractivity contribution in [2.45, 2.75) is 25.9 Å². The molecule has 0 heterocycles. The molecule has 3 N–H and O–H groups in total. The largest absolute Gasteiger partial charge is 0.480 e. The molecule has 0 aromatic carbocycles. The molecule has 19 heavy (non-hydrogen) atoms. The molecule has 0 aliphatic heterocycles. The van der Waals surface area contributed by atoms with Gasteiger partial charge < -0.3 is 20.5 Å². The summed E-state index contributed by atoms with van der Waals surface area (Å²) in [7, 11) is 2.47. The molecule has 108 valence electrons. The maximum atomic E-state index is 10.8. The van der Waals surface area contributed by atoms with Crippen LogP contribution in [0.2, 0.25) is 0 Å². The van der Waals surface area contributed by atoms with Crippen LogP contribution in [0.4, 0.5) is 0 Å². The molecule has 9 heteroatoms. The highest BCUT2D eigenvalue weighted by Crippen LogP contribution is 2.22. The molecule has 2 amide bonds. The Bertz CT molecular complexity index is 351. The number of carbonyl (C=O) groups excluding carboxylic acids is 3. The Balaban J connectivity index is 3.98. The highest BCUT2D eigenvalue weighted by Gasteiger charge is 2.18. The van der Waals surface area contributed by atoms with E-state index in [2.05, 4.69) is 10.6 Å². The fraction of sp³-hybridized carbons (Fsp3) is 0.600. The summed E-state index contributed by atoms with van der Waals surface area (Å²) in [5, 5.41) is 13.6. The number of aldehydes is 1. The summed E-state index contributed by atoms with van der Waals surface area (Å²) in [6.45, 7) is 2.55. The minimum Gasteiger partial charge on any atom is -0.480 e. The molecule has 0 aromatic heterocycles. The van der Waals surface area contributed by atoms with Crippen LogP contribution in [0, 0.1) is 0 Å². The summed E-state index contributed by atoms with van der Waals surface area (Å²) >= 11 is 0. The Hall–Kier alpha value is -1.22. The second-order valence-corrected chi connectivity index (χ2v) is 6.16. The van der Waals surface area contributed by atoms with Crippen molar-refractivity contribution in [1.29, 1.82) is 0 Å². The van der Waals surface area contributed by atoms with Crippen molar-refractivity contribution < 1.29 is 24.3 Å². The summed E-state index contributed by atoms with van der Waals surface area (Å²) in [6, 6.07) is -1.57. The Morgan fingerprint density at radius 1 is 1.11 bits per heavy atom. The zero-order valence-electron chi connectivity index (χ0n) is 10.5. The molecule has 7 nitrogen and oxygen atoms in total. The van der Waals surface area contributed by atoms with Crippen molar-refractivity contribution in [1.82, 2.24) is 10.6 Å². The number of carboxylic acids is 1. The number of hydrogen-bond acceptors (Lipinski definition) is 6. The minimum atomic E-state index is -1.11. The maximum absolute atomic E-state index is 10.8. The zero-order valence-corrected chi connectivity index (χ0v) is 12.2. The summed E-state index contributed by atoms with van der Waals surface area (Å²) in [6.07, 6.45) is 0.622. The van der Waals surface area contributed by atoms with Crippen LogP contribution >= 0.6 is 21.6 Å². The average Bonchev–Trinajstić information content (AvgIpc) is 2.30. The molecule has 0 spiro atoms. The molecule has 0 fully saturated rings. The van der Waals surface area contributed by atoms with Crippen molar-refractivity contribution in [2.75, 3.05) is 11.5 Å². The number of hydrogen-bond donors (Lipinski definition) is 3. The van der Waals surface area contributed by atoms with Crippen LogP contribution in [0.1, 0.15) is 13.8 Å². The average molecular weight is 308 g/mol. The third-order valence-electron chi connectivity index (χ3n) is 1.79. The van der Waals surface area contributed by atoms with Gasteiger partial charge in [-0.3, -0.25) is 9.59 Å². The Morgan fingerprint density at radius 2 is 1.63 bits per heavy atom. The summed E-state index contributed by atoms with van der Waals surface area (Å²) in [5.74, 6) is -1.32. The number of rotatable bonds is 9. The molecule has 0 rings (SSSR count). The SMILES string of the molecule is CC(=O)NC(C=O)CSSCC(NC(C)=O)C(=O)O. The quantitative estimate of drug-likeness (QED) is 0.303. The van der Waals surface area contributed by atoms with Crippen molar-refractivity contribution in [3.63, 3.8) is 0 Å². The van der Waals surface area contributed by atoms with E-state index in [4.69, 9.17) is 5.11 Å². The normalized spacial score (nSPS) is 13.2. The van der Waals surface area contributed by atoms with E-state index in [-0.39, 0.29) is 11.7 Å². The number of carbonyl (C=O) groups is 4. The van der Waals surface area contributed by atoms with E-state index in [0.717, 1.165) is 0 Å². The van der Waals surface area contributed by atoms with Crippen LogP contribution in [0.15, 0.2) is 0 Å². The van der Waals surface area contributed by atoms with Crippen LogP contribution in [0.25, 0.3) is 0 Å². The van der Waals surface area contributed by atoms with Gasteiger partial charge in [0.15, 0.2) is 0 Å². The van der Waals surface area contributed by atoms with Gasteiger partial charge in [-0.2, -0.15) is 0 Å². The molecule has 0 aromatic rings. The maximum Gasteiger partial charge on any atom is 0.327 e. The van der Waals surface area contributed by atoms with Crippen LogP contribution in [-0.4, -0.2) is 52.8 Å². The van der Waals surface area contributed by atoms with E-state index in [9.17, 15) is 19.2 Å². The first kappa shape index (κ1) is 17.8. The van der Waals surface area contributed by atoms with Crippen LogP contribution < -0.4 is 10.6 Å². The highest BCUT2D eigenvalue weighted by molar-refractivity contribution is 8.76. The van der Waals surface area contributed by atoms with Gasteiger partial charge in [-0.25, -0.2) is 4.79 Å². The Kier molecular flexibility index (Phi) is 9.06. The van der Waals surface area contributed by atoms with Gasteiger partial charge in [0.1, 0.15) is 12.3 Å². The zero-order chi connectivity index (χ0) is 14.8. The predicted octanol–water partition coefficient (Wildman–Crippen LogP) is -0.339. The summed E-state index contributed by atoms with van der Waals surface area (Å²) in [4.78, 5) is 43.0. The molecular formula is C10H16N2O5S2. The predicted molar refractivity (Wildman–Crippen MR) is 73.8 cm³/mol. The van der Waals surface area contributed by atoms with Crippen LogP contribution in [0.3, 0.4) is 0 Å². The molecule has 0 saturated heterocycles. The molecular weight excluding hydrogens is 292 g/mol. The number of amides is 2.